The Bertz CT molecular complexity index is 587. The SMILES string of the molecule is CC(=Cc1c[nH]c2cccc(F)c12)[N+](=O)[O-]. The Labute approximate surface area is 90.5 Å². The standard InChI is InChI=1S/C11H9FN2O2/c1-7(14(15)16)5-8-6-13-10-4-2-3-9(12)11(8)10/h2-6,13H,1H3. The normalized spacial score (nSPS) is 12.0. The molecule has 82 valence electrons. The Morgan fingerprint density at radius 3 is 3.00 bits per heavy atom. The van der Waals surface area contributed by atoms with Gasteiger partial charge in [-0.2, -0.15) is 0 Å². The Balaban J connectivity index is 2.62. The van der Waals surface area contributed by atoms with Gasteiger partial charge in [-0.15, -0.1) is 0 Å². The molecule has 0 saturated heterocycles. The van der Waals surface area contributed by atoms with Crippen molar-refractivity contribution in [3.63, 3.8) is 0 Å². The Kier molecular flexibility index (Phi) is 2.44. The maximum Gasteiger partial charge on any atom is 0.243 e. The Hall–Kier alpha value is -2.17. The van der Waals surface area contributed by atoms with Crippen molar-refractivity contribution in [1.82, 2.24) is 4.98 Å². The summed E-state index contributed by atoms with van der Waals surface area (Å²) in [5.74, 6) is -0.388. The minimum absolute atomic E-state index is 0.0239. The smallest absolute Gasteiger partial charge is 0.243 e. The number of rotatable bonds is 2. The first-order chi connectivity index (χ1) is 7.59. The minimum Gasteiger partial charge on any atom is -0.360 e. The molecule has 0 aliphatic carbocycles. The number of hydrogen-bond donors (Lipinski definition) is 1. The highest BCUT2D eigenvalue weighted by Crippen LogP contribution is 2.23. The van der Waals surface area contributed by atoms with Gasteiger partial charge < -0.3 is 4.98 Å². The van der Waals surface area contributed by atoms with Gasteiger partial charge in [0.25, 0.3) is 0 Å². The third-order valence-corrected chi connectivity index (χ3v) is 2.34. The van der Waals surface area contributed by atoms with Gasteiger partial charge in [-0.3, -0.25) is 10.1 Å². The van der Waals surface area contributed by atoms with Crippen LogP contribution in [-0.4, -0.2) is 9.91 Å². The van der Waals surface area contributed by atoms with Crippen molar-refractivity contribution in [3.8, 4) is 0 Å². The molecule has 0 spiro atoms. The zero-order valence-electron chi connectivity index (χ0n) is 8.53. The molecule has 0 radical (unpaired) electrons. The number of nitrogens with one attached hydrogen (secondary N) is 1. The van der Waals surface area contributed by atoms with E-state index in [0.717, 1.165) is 0 Å². The largest absolute Gasteiger partial charge is 0.360 e. The summed E-state index contributed by atoms with van der Waals surface area (Å²) in [6.07, 6.45) is 2.91. The minimum atomic E-state index is -0.500. The summed E-state index contributed by atoms with van der Waals surface area (Å²) in [6, 6.07) is 4.63. The van der Waals surface area contributed by atoms with Crippen molar-refractivity contribution >= 4 is 17.0 Å². The monoisotopic (exact) mass is 220 g/mol. The summed E-state index contributed by atoms with van der Waals surface area (Å²) in [5, 5.41) is 10.9. The van der Waals surface area contributed by atoms with Crippen LogP contribution in [0.2, 0.25) is 0 Å². The van der Waals surface area contributed by atoms with Crippen LogP contribution in [0.3, 0.4) is 0 Å². The van der Waals surface area contributed by atoms with Crippen molar-refractivity contribution in [3.05, 3.63) is 51.6 Å². The van der Waals surface area contributed by atoms with E-state index in [4.69, 9.17) is 0 Å². The molecule has 1 heterocycles. The van der Waals surface area contributed by atoms with Gasteiger partial charge in [0, 0.05) is 35.7 Å². The molecule has 4 nitrogen and oxygen atoms in total. The van der Waals surface area contributed by atoms with Gasteiger partial charge in [0.2, 0.25) is 5.70 Å². The first kappa shape index (κ1) is 10.4. The highest BCUT2D eigenvalue weighted by molar-refractivity contribution is 5.89. The molecule has 0 unspecified atom stereocenters. The average Bonchev–Trinajstić information content (AvgIpc) is 2.63. The number of nitrogens with zero attached hydrogens (tertiary/aromatic N) is 1. The van der Waals surface area contributed by atoms with E-state index >= 15 is 0 Å². The molecule has 2 rings (SSSR count). The zero-order chi connectivity index (χ0) is 11.7. The third-order valence-electron chi connectivity index (χ3n) is 2.34. The van der Waals surface area contributed by atoms with Crippen LogP contribution in [0, 0.1) is 15.9 Å². The topological polar surface area (TPSA) is 58.9 Å². The first-order valence-electron chi connectivity index (χ1n) is 4.68. The molecule has 0 aliphatic rings. The van der Waals surface area contributed by atoms with Gasteiger partial charge in [-0.05, 0) is 12.1 Å². The van der Waals surface area contributed by atoms with Gasteiger partial charge in [-0.1, -0.05) is 6.07 Å². The number of H-pyrrole nitrogens is 1. The molecular formula is C11H9FN2O2. The number of fused-ring (bicyclic) bond motifs is 1. The van der Waals surface area contributed by atoms with E-state index in [1.807, 2.05) is 0 Å². The number of nitro groups is 1. The number of aromatic nitrogens is 1. The van der Waals surface area contributed by atoms with E-state index in [9.17, 15) is 14.5 Å². The number of benzene rings is 1. The zero-order valence-corrected chi connectivity index (χ0v) is 8.53. The van der Waals surface area contributed by atoms with Crippen LogP contribution in [0.4, 0.5) is 4.39 Å². The van der Waals surface area contributed by atoms with Gasteiger partial charge in [0.05, 0.1) is 4.92 Å². The van der Waals surface area contributed by atoms with Crippen LogP contribution in [0.15, 0.2) is 30.1 Å². The number of allylic oxidation sites excluding steroid dienone is 1. The fraction of sp³-hybridized carbons (Fsp3) is 0.0909. The van der Waals surface area contributed by atoms with E-state index in [2.05, 4.69) is 4.98 Å². The molecule has 5 heteroatoms. The fourth-order valence-electron chi connectivity index (χ4n) is 1.56. The van der Waals surface area contributed by atoms with Crippen LogP contribution in [0.5, 0.6) is 0 Å². The van der Waals surface area contributed by atoms with Crippen molar-refractivity contribution in [2.45, 2.75) is 6.92 Å². The van der Waals surface area contributed by atoms with Crippen LogP contribution in [-0.2, 0) is 0 Å². The summed E-state index contributed by atoms with van der Waals surface area (Å²) in [7, 11) is 0. The number of hydrogen-bond acceptors (Lipinski definition) is 2. The lowest BCUT2D eigenvalue weighted by Gasteiger charge is -1.94. The molecule has 0 amide bonds. The quantitative estimate of drug-likeness (QED) is 0.624. The van der Waals surface area contributed by atoms with E-state index in [0.29, 0.717) is 16.5 Å². The van der Waals surface area contributed by atoms with E-state index in [-0.39, 0.29) is 11.5 Å². The fourth-order valence-corrected chi connectivity index (χ4v) is 1.56. The van der Waals surface area contributed by atoms with Crippen molar-refractivity contribution < 1.29 is 9.31 Å². The predicted octanol–water partition coefficient (Wildman–Crippen LogP) is 2.94. The summed E-state index contributed by atoms with van der Waals surface area (Å²) in [5.41, 5.74) is 1.09. The molecule has 0 fully saturated rings. The van der Waals surface area contributed by atoms with Gasteiger partial charge in [-0.25, -0.2) is 4.39 Å². The molecule has 1 N–H and O–H groups in total. The molecule has 0 atom stereocenters. The lowest BCUT2D eigenvalue weighted by Crippen LogP contribution is -1.92. The molecular weight excluding hydrogens is 211 g/mol. The highest BCUT2D eigenvalue weighted by Gasteiger charge is 2.09. The second kappa shape index (κ2) is 3.77. The van der Waals surface area contributed by atoms with Crippen molar-refractivity contribution in [2.24, 2.45) is 0 Å². The summed E-state index contributed by atoms with van der Waals surface area (Å²) in [6.45, 7) is 1.37. The number of aromatic amines is 1. The first-order valence-corrected chi connectivity index (χ1v) is 4.68. The highest BCUT2D eigenvalue weighted by atomic mass is 19.1. The predicted molar refractivity (Wildman–Crippen MR) is 58.9 cm³/mol. The summed E-state index contributed by atoms with van der Waals surface area (Å²) >= 11 is 0. The average molecular weight is 220 g/mol. The Morgan fingerprint density at radius 2 is 2.31 bits per heavy atom. The molecule has 0 saturated carbocycles. The van der Waals surface area contributed by atoms with Gasteiger partial charge in [0.15, 0.2) is 0 Å². The van der Waals surface area contributed by atoms with E-state index in [1.165, 1.54) is 19.1 Å². The molecule has 1 aromatic carbocycles. The van der Waals surface area contributed by atoms with E-state index < -0.39 is 4.92 Å². The lowest BCUT2D eigenvalue weighted by atomic mass is 10.1. The third kappa shape index (κ3) is 1.67. The molecule has 2 aromatic rings. The van der Waals surface area contributed by atoms with Crippen molar-refractivity contribution in [2.75, 3.05) is 0 Å². The van der Waals surface area contributed by atoms with Gasteiger partial charge in [0.1, 0.15) is 5.82 Å². The molecule has 0 aliphatic heterocycles. The Morgan fingerprint density at radius 1 is 1.56 bits per heavy atom. The maximum absolute atomic E-state index is 13.5. The van der Waals surface area contributed by atoms with Crippen LogP contribution in [0.25, 0.3) is 17.0 Å². The second-order valence-electron chi connectivity index (χ2n) is 3.45. The summed E-state index contributed by atoms with van der Waals surface area (Å²) in [4.78, 5) is 12.8. The molecule has 1 aromatic heterocycles. The van der Waals surface area contributed by atoms with Gasteiger partial charge >= 0.3 is 0 Å². The number of halogens is 1. The lowest BCUT2D eigenvalue weighted by molar-refractivity contribution is -0.422. The van der Waals surface area contributed by atoms with Crippen LogP contribution < -0.4 is 0 Å². The second-order valence-corrected chi connectivity index (χ2v) is 3.45. The van der Waals surface area contributed by atoms with Crippen LogP contribution >= 0.6 is 0 Å². The van der Waals surface area contributed by atoms with E-state index in [1.54, 1.807) is 18.3 Å². The molecule has 16 heavy (non-hydrogen) atoms. The molecule has 0 bridgehead atoms. The van der Waals surface area contributed by atoms with Crippen molar-refractivity contribution in [1.29, 1.82) is 0 Å². The van der Waals surface area contributed by atoms with Crippen LogP contribution in [0.1, 0.15) is 12.5 Å². The summed E-state index contributed by atoms with van der Waals surface area (Å²) < 4.78 is 13.5. The maximum atomic E-state index is 13.5.